The van der Waals surface area contributed by atoms with Gasteiger partial charge in [0.05, 0.1) is 6.10 Å². The Morgan fingerprint density at radius 2 is 1.96 bits per heavy atom. The zero-order chi connectivity index (χ0) is 16.2. The number of likely N-dealkylation sites (tertiary alicyclic amines) is 1. The number of ether oxygens (including phenoxy) is 2. The van der Waals surface area contributed by atoms with Gasteiger partial charge in [0, 0.05) is 46.5 Å². The van der Waals surface area contributed by atoms with E-state index in [1.807, 2.05) is 0 Å². The largest absolute Gasteiger partial charge is 0.385 e. The lowest BCUT2D eigenvalue weighted by Crippen LogP contribution is -2.47. The van der Waals surface area contributed by atoms with E-state index in [1.165, 1.54) is 0 Å². The van der Waals surface area contributed by atoms with Gasteiger partial charge in [0.1, 0.15) is 0 Å². The summed E-state index contributed by atoms with van der Waals surface area (Å²) in [4.78, 5) is 7.14. The van der Waals surface area contributed by atoms with E-state index in [-0.39, 0.29) is 24.0 Å². The van der Waals surface area contributed by atoms with Gasteiger partial charge in [-0.05, 0) is 38.5 Å². The topological polar surface area (TPSA) is 46.1 Å². The first-order valence-corrected chi connectivity index (χ1v) is 8.81. The molecule has 23 heavy (non-hydrogen) atoms. The van der Waals surface area contributed by atoms with E-state index >= 15 is 0 Å². The fourth-order valence-electron chi connectivity index (χ4n) is 2.54. The molecule has 1 aliphatic heterocycles. The lowest BCUT2D eigenvalue weighted by atomic mass is 10.1. The highest BCUT2D eigenvalue weighted by molar-refractivity contribution is 14.0. The summed E-state index contributed by atoms with van der Waals surface area (Å²) in [5, 5.41) is 3.42. The van der Waals surface area contributed by atoms with Crippen molar-refractivity contribution in [2.45, 2.75) is 52.6 Å². The number of aliphatic imine (C=N–C) groups is 1. The molecule has 0 aromatic carbocycles. The molecule has 1 aliphatic rings. The Hall–Kier alpha value is -0.0800. The van der Waals surface area contributed by atoms with Crippen molar-refractivity contribution >= 4 is 29.9 Å². The van der Waals surface area contributed by atoms with E-state index in [0.717, 1.165) is 71.0 Å². The zero-order valence-corrected chi connectivity index (χ0v) is 17.7. The van der Waals surface area contributed by atoms with Crippen LogP contribution in [-0.2, 0) is 9.47 Å². The Labute approximate surface area is 159 Å². The van der Waals surface area contributed by atoms with Gasteiger partial charge in [-0.25, -0.2) is 0 Å². The number of methoxy groups -OCH3 is 1. The van der Waals surface area contributed by atoms with Gasteiger partial charge >= 0.3 is 0 Å². The Bertz CT molecular complexity index is 306. The van der Waals surface area contributed by atoms with Crippen LogP contribution in [0.5, 0.6) is 0 Å². The monoisotopic (exact) mass is 441 g/mol. The summed E-state index contributed by atoms with van der Waals surface area (Å²) in [5.41, 5.74) is 0. The molecular weight excluding hydrogens is 405 g/mol. The fraction of sp³-hybridized carbons (Fsp3) is 0.941. The van der Waals surface area contributed by atoms with Crippen molar-refractivity contribution in [1.29, 1.82) is 0 Å². The van der Waals surface area contributed by atoms with E-state index in [9.17, 15) is 0 Å². The predicted octanol–water partition coefficient (Wildman–Crippen LogP) is 3.13. The average molecular weight is 441 g/mol. The third kappa shape index (κ3) is 10.4. The fourth-order valence-corrected chi connectivity index (χ4v) is 2.54. The molecule has 1 rings (SSSR count). The summed E-state index contributed by atoms with van der Waals surface area (Å²) in [5.74, 6) is 1.78. The molecule has 0 aromatic heterocycles. The number of piperidine rings is 1. The molecule has 0 saturated carbocycles. The van der Waals surface area contributed by atoms with E-state index in [2.05, 4.69) is 31.0 Å². The Kier molecular flexibility index (Phi) is 14.2. The molecule has 5 nitrogen and oxygen atoms in total. The van der Waals surface area contributed by atoms with Crippen molar-refractivity contribution in [2.75, 3.05) is 46.5 Å². The van der Waals surface area contributed by atoms with Crippen LogP contribution in [0.3, 0.4) is 0 Å². The number of halogens is 1. The van der Waals surface area contributed by atoms with Crippen molar-refractivity contribution in [2.24, 2.45) is 10.9 Å². The van der Waals surface area contributed by atoms with Gasteiger partial charge in [-0.3, -0.25) is 4.99 Å². The first kappa shape index (κ1) is 22.9. The number of hydrogen-bond acceptors (Lipinski definition) is 3. The van der Waals surface area contributed by atoms with Crippen molar-refractivity contribution in [3.05, 3.63) is 0 Å². The van der Waals surface area contributed by atoms with E-state index in [0.29, 0.717) is 12.0 Å². The van der Waals surface area contributed by atoms with Crippen LogP contribution in [0.2, 0.25) is 0 Å². The zero-order valence-electron chi connectivity index (χ0n) is 15.3. The Balaban J connectivity index is 0.00000484. The van der Waals surface area contributed by atoms with Gasteiger partial charge in [-0.1, -0.05) is 13.8 Å². The maximum Gasteiger partial charge on any atom is 0.193 e. The minimum Gasteiger partial charge on any atom is -0.385 e. The molecule has 1 fully saturated rings. The molecule has 1 N–H and O–H groups in total. The average Bonchev–Trinajstić information content (AvgIpc) is 2.51. The van der Waals surface area contributed by atoms with E-state index < -0.39 is 0 Å². The second kappa shape index (κ2) is 14.3. The van der Waals surface area contributed by atoms with Crippen LogP contribution in [0.1, 0.15) is 46.5 Å². The number of nitrogens with zero attached hydrogens (tertiary/aromatic N) is 2. The summed E-state index contributed by atoms with van der Waals surface area (Å²) in [6.45, 7) is 12.1. The number of nitrogens with one attached hydrogen (secondary N) is 1. The number of hydrogen-bond donors (Lipinski definition) is 1. The maximum atomic E-state index is 5.92. The molecule has 0 spiro atoms. The van der Waals surface area contributed by atoms with Crippen LogP contribution < -0.4 is 5.32 Å². The van der Waals surface area contributed by atoms with Crippen molar-refractivity contribution < 1.29 is 9.47 Å². The standard InChI is InChI=1S/C17H35N3O2.HI/c1-5-18-17(19-10-7-15(2)3)20-11-8-16(9-12-20)22-14-6-13-21-4;/h15-16H,5-14H2,1-4H3,(H,18,19);1H. The van der Waals surface area contributed by atoms with Gasteiger partial charge < -0.3 is 19.7 Å². The van der Waals surface area contributed by atoms with E-state index in [1.54, 1.807) is 7.11 Å². The second-order valence-corrected chi connectivity index (χ2v) is 6.32. The van der Waals surface area contributed by atoms with Gasteiger partial charge in [-0.2, -0.15) is 0 Å². The third-order valence-corrected chi connectivity index (χ3v) is 3.89. The SMILES string of the molecule is CCNC(=NCCC(C)C)N1CCC(OCCCOC)CC1.I. The molecule has 0 aromatic rings. The summed E-state index contributed by atoms with van der Waals surface area (Å²) in [6, 6.07) is 0. The Morgan fingerprint density at radius 1 is 1.26 bits per heavy atom. The van der Waals surface area contributed by atoms with Gasteiger partial charge in [0.2, 0.25) is 0 Å². The van der Waals surface area contributed by atoms with Crippen LogP contribution in [0.25, 0.3) is 0 Å². The molecule has 1 heterocycles. The van der Waals surface area contributed by atoms with Crippen LogP contribution in [0.15, 0.2) is 4.99 Å². The highest BCUT2D eigenvalue weighted by Crippen LogP contribution is 2.14. The second-order valence-electron chi connectivity index (χ2n) is 6.32. The third-order valence-electron chi connectivity index (χ3n) is 3.89. The predicted molar refractivity (Wildman–Crippen MR) is 108 cm³/mol. The summed E-state index contributed by atoms with van der Waals surface area (Å²) >= 11 is 0. The normalized spacial score (nSPS) is 16.6. The molecule has 0 radical (unpaired) electrons. The van der Waals surface area contributed by atoms with Crippen molar-refractivity contribution in [1.82, 2.24) is 10.2 Å². The smallest absolute Gasteiger partial charge is 0.193 e. The molecule has 0 aliphatic carbocycles. The van der Waals surface area contributed by atoms with Crippen LogP contribution in [0, 0.1) is 5.92 Å². The van der Waals surface area contributed by atoms with E-state index in [4.69, 9.17) is 14.5 Å². The molecular formula is C17H36IN3O2. The number of guanidine groups is 1. The van der Waals surface area contributed by atoms with Gasteiger partial charge in [0.15, 0.2) is 5.96 Å². The number of rotatable bonds is 9. The van der Waals surface area contributed by atoms with Crippen LogP contribution >= 0.6 is 24.0 Å². The molecule has 0 amide bonds. The van der Waals surface area contributed by atoms with Gasteiger partial charge in [0.25, 0.3) is 0 Å². The summed E-state index contributed by atoms with van der Waals surface area (Å²) < 4.78 is 11.0. The summed E-state index contributed by atoms with van der Waals surface area (Å²) in [6.07, 6.45) is 4.69. The molecule has 138 valence electrons. The lowest BCUT2D eigenvalue weighted by molar-refractivity contribution is 0.00990. The molecule has 1 saturated heterocycles. The maximum absolute atomic E-state index is 5.92. The summed E-state index contributed by atoms with van der Waals surface area (Å²) in [7, 11) is 1.74. The minimum absolute atomic E-state index is 0. The molecule has 0 unspecified atom stereocenters. The van der Waals surface area contributed by atoms with Crippen molar-refractivity contribution in [3.8, 4) is 0 Å². The van der Waals surface area contributed by atoms with Gasteiger partial charge in [-0.15, -0.1) is 24.0 Å². The quantitative estimate of drug-likeness (QED) is 0.259. The first-order chi connectivity index (χ1) is 10.7. The minimum atomic E-state index is 0. The first-order valence-electron chi connectivity index (χ1n) is 8.81. The molecule has 6 heteroatoms. The highest BCUT2D eigenvalue weighted by atomic mass is 127. The molecule has 0 bridgehead atoms. The van der Waals surface area contributed by atoms with Crippen LogP contribution in [-0.4, -0.2) is 63.5 Å². The van der Waals surface area contributed by atoms with Crippen LogP contribution in [0.4, 0.5) is 0 Å². The molecule has 0 atom stereocenters. The van der Waals surface area contributed by atoms with Crippen molar-refractivity contribution in [3.63, 3.8) is 0 Å². The highest BCUT2D eigenvalue weighted by Gasteiger charge is 2.21. The lowest BCUT2D eigenvalue weighted by Gasteiger charge is -2.34. The Morgan fingerprint density at radius 3 is 2.52 bits per heavy atom.